The molecule has 1 heterocycles. The van der Waals surface area contributed by atoms with Crippen LogP contribution < -0.4 is 4.74 Å². The molecule has 2 aromatic rings. The summed E-state index contributed by atoms with van der Waals surface area (Å²) < 4.78 is 44.0. The second kappa shape index (κ2) is 4.70. The van der Waals surface area contributed by atoms with Crippen molar-refractivity contribution in [3.8, 4) is 5.75 Å². The van der Waals surface area contributed by atoms with Gasteiger partial charge in [-0.2, -0.15) is 13.2 Å². The third-order valence-electron chi connectivity index (χ3n) is 3.28. The normalized spacial score (nSPS) is 17.7. The standard InChI is InChI=1S/C15H10ClF3O/c16-12-8-11(15(17,18)19)6-10-7-13(20-14(10)12)9-4-2-1-3-5-9/h1-6,8,13H,7H2. The lowest BCUT2D eigenvalue weighted by molar-refractivity contribution is -0.137. The van der Waals surface area contributed by atoms with Crippen LogP contribution in [0, 0.1) is 0 Å². The Labute approximate surface area is 118 Å². The number of halogens is 4. The fourth-order valence-corrected chi connectivity index (χ4v) is 2.62. The maximum Gasteiger partial charge on any atom is 0.416 e. The summed E-state index contributed by atoms with van der Waals surface area (Å²) in [5, 5.41) is 0.00764. The maximum atomic E-state index is 12.8. The van der Waals surface area contributed by atoms with E-state index in [4.69, 9.17) is 16.3 Å². The highest BCUT2D eigenvalue weighted by atomic mass is 35.5. The molecule has 1 aliphatic rings. The van der Waals surface area contributed by atoms with Gasteiger partial charge in [0.25, 0.3) is 0 Å². The third-order valence-corrected chi connectivity index (χ3v) is 3.57. The molecule has 20 heavy (non-hydrogen) atoms. The van der Waals surface area contributed by atoms with Crippen molar-refractivity contribution in [1.29, 1.82) is 0 Å². The van der Waals surface area contributed by atoms with Crippen molar-refractivity contribution in [2.24, 2.45) is 0 Å². The van der Waals surface area contributed by atoms with E-state index in [2.05, 4.69) is 0 Å². The monoisotopic (exact) mass is 298 g/mol. The van der Waals surface area contributed by atoms with Crippen molar-refractivity contribution in [1.82, 2.24) is 0 Å². The van der Waals surface area contributed by atoms with Crippen LogP contribution in [-0.4, -0.2) is 0 Å². The van der Waals surface area contributed by atoms with E-state index >= 15 is 0 Å². The predicted molar refractivity (Wildman–Crippen MR) is 70.0 cm³/mol. The van der Waals surface area contributed by atoms with Crippen molar-refractivity contribution in [3.63, 3.8) is 0 Å². The largest absolute Gasteiger partial charge is 0.484 e. The van der Waals surface area contributed by atoms with Gasteiger partial charge >= 0.3 is 6.18 Å². The molecule has 5 heteroatoms. The minimum Gasteiger partial charge on any atom is -0.484 e. The van der Waals surface area contributed by atoms with Gasteiger partial charge in [-0.15, -0.1) is 0 Å². The fraction of sp³-hybridized carbons (Fsp3) is 0.200. The van der Waals surface area contributed by atoms with Crippen LogP contribution in [0.2, 0.25) is 5.02 Å². The Balaban J connectivity index is 1.96. The Bertz CT molecular complexity index is 638. The van der Waals surface area contributed by atoms with E-state index in [9.17, 15) is 13.2 Å². The number of fused-ring (bicyclic) bond motifs is 1. The summed E-state index contributed by atoms with van der Waals surface area (Å²) in [4.78, 5) is 0. The molecule has 1 atom stereocenters. The molecule has 1 aliphatic heterocycles. The lowest BCUT2D eigenvalue weighted by atomic mass is 10.0. The number of ether oxygens (including phenoxy) is 1. The zero-order chi connectivity index (χ0) is 14.3. The number of hydrogen-bond donors (Lipinski definition) is 0. The minimum absolute atomic E-state index is 0.00764. The Hall–Kier alpha value is -1.68. The van der Waals surface area contributed by atoms with Gasteiger partial charge in [0, 0.05) is 12.0 Å². The van der Waals surface area contributed by atoms with Crippen LogP contribution in [0.4, 0.5) is 13.2 Å². The van der Waals surface area contributed by atoms with Gasteiger partial charge in [-0.3, -0.25) is 0 Å². The van der Waals surface area contributed by atoms with E-state index in [-0.39, 0.29) is 11.1 Å². The average molecular weight is 299 g/mol. The van der Waals surface area contributed by atoms with Gasteiger partial charge in [0.2, 0.25) is 0 Å². The van der Waals surface area contributed by atoms with E-state index in [1.807, 2.05) is 30.3 Å². The van der Waals surface area contributed by atoms with Crippen molar-refractivity contribution in [2.75, 3.05) is 0 Å². The van der Waals surface area contributed by atoms with Gasteiger partial charge in [0.15, 0.2) is 0 Å². The molecule has 1 unspecified atom stereocenters. The molecule has 0 saturated carbocycles. The van der Waals surface area contributed by atoms with Crippen molar-refractivity contribution >= 4 is 11.6 Å². The molecule has 0 aliphatic carbocycles. The van der Waals surface area contributed by atoms with Crippen LogP contribution in [0.3, 0.4) is 0 Å². The Morgan fingerprint density at radius 1 is 1.10 bits per heavy atom. The van der Waals surface area contributed by atoms with Crippen molar-refractivity contribution < 1.29 is 17.9 Å². The SMILES string of the molecule is FC(F)(F)c1cc(Cl)c2c(c1)CC(c1ccccc1)O2. The van der Waals surface area contributed by atoms with Crippen LogP contribution in [0.25, 0.3) is 0 Å². The average Bonchev–Trinajstić information content (AvgIpc) is 2.83. The van der Waals surface area contributed by atoms with E-state index < -0.39 is 11.7 Å². The molecule has 0 bridgehead atoms. The zero-order valence-electron chi connectivity index (χ0n) is 10.2. The molecular weight excluding hydrogens is 289 g/mol. The molecule has 0 radical (unpaired) electrons. The number of hydrogen-bond acceptors (Lipinski definition) is 1. The second-order valence-corrected chi connectivity index (χ2v) is 5.07. The van der Waals surface area contributed by atoms with Crippen LogP contribution in [0.1, 0.15) is 22.8 Å². The summed E-state index contributed by atoms with van der Waals surface area (Å²) in [5.74, 6) is 0.355. The summed E-state index contributed by atoms with van der Waals surface area (Å²) in [7, 11) is 0. The van der Waals surface area contributed by atoms with E-state index in [0.717, 1.165) is 17.7 Å². The minimum atomic E-state index is -4.40. The van der Waals surface area contributed by atoms with Gasteiger partial charge < -0.3 is 4.74 Å². The summed E-state index contributed by atoms with van der Waals surface area (Å²) in [6.45, 7) is 0. The molecule has 0 saturated heterocycles. The first kappa shape index (κ1) is 13.3. The van der Waals surface area contributed by atoms with Crippen LogP contribution >= 0.6 is 11.6 Å². The first-order valence-corrected chi connectivity index (χ1v) is 6.44. The number of rotatable bonds is 1. The quantitative estimate of drug-likeness (QED) is 0.717. The highest BCUT2D eigenvalue weighted by Gasteiger charge is 2.35. The summed E-state index contributed by atoms with van der Waals surface area (Å²) >= 11 is 5.91. The zero-order valence-corrected chi connectivity index (χ0v) is 11.0. The highest BCUT2D eigenvalue weighted by Crippen LogP contribution is 2.44. The first-order valence-electron chi connectivity index (χ1n) is 6.06. The summed E-state index contributed by atoms with van der Waals surface area (Å²) in [6.07, 6.45) is -4.29. The van der Waals surface area contributed by atoms with Crippen LogP contribution in [0.15, 0.2) is 42.5 Å². The van der Waals surface area contributed by atoms with Gasteiger partial charge in [0.1, 0.15) is 11.9 Å². The van der Waals surface area contributed by atoms with Crippen molar-refractivity contribution in [2.45, 2.75) is 18.7 Å². The Kier molecular flexibility index (Phi) is 3.13. The van der Waals surface area contributed by atoms with E-state index in [1.165, 1.54) is 0 Å². The van der Waals surface area contributed by atoms with Gasteiger partial charge in [-0.05, 0) is 17.7 Å². The topological polar surface area (TPSA) is 9.23 Å². The molecule has 0 fully saturated rings. The van der Waals surface area contributed by atoms with Crippen LogP contribution in [-0.2, 0) is 12.6 Å². The van der Waals surface area contributed by atoms with E-state index in [0.29, 0.717) is 17.7 Å². The first-order chi connectivity index (χ1) is 9.45. The Morgan fingerprint density at radius 3 is 2.45 bits per heavy atom. The number of alkyl halides is 3. The highest BCUT2D eigenvalue weighted by molar-refractivity contribution is 6.32. The molecule has 0 amide bonds. The van der Waals surface area contributed by atoms with Crippen molar-refractivity contribution in [3.05, 3.63) is 64.2 Å². The molecule has 0 aromatic heterocycles. The second-order valence-electron chi connectivity index (χ2n) is 4.67. The van der Waals surface area contributed by atoms with Gasteiger partial charge in [-0.1, -0.05) is 41.9 Å². The van der Waals surface area contributed by atoms with Gasteiger partial charge in [-0.25, -0.2) is 0 Å². The lowest BCUT2D eigenvalue weighted by Gasteiger charge is -2.11. The summed E-state index contributed by atoms with van der Waals surface area (Å²) in [6, 6.07) is 11.4. The van der Waals surface area contributed by atoms with Crippen LogP contribution in [0.5, 0.6) is 5.75 Å². The smallest absolute Gasteiger partial charge is 0.416 e. The fourth-order valence-electron chi connectivity index (χ4n) is 2.33. The Morgan fingerprint density at radius 2 is 1.80 bits per heavy atom. The molecule has 2 aromatic carbocycles. The molecule has 1 nitrogen and oxygen atoms in total. The molecular formula is C15H10ClF3O. The predicted octanol–water partition coefficient (Wildman–Crippen LogP) is 5.04. The van der Waals surface area contributed by atoms with E-state index in [1.54, 1.807) is 0 Å². The number of benzene rings is 2. The van der Waals surface area contributed by atoms with Gasteiger partial charge in [0.05, 0.1) is 10.6 Å². The third kappa shape index (κ3) is 2.36. The molecule has 0 spiro atoms. The molecule has 104 valence electrons. The molecule has 0 N–H and O–H groups in total. The lowest BCUT2D eigenvalue weighted by Crippen LogP contribution is -2.05. The molecule has 3 rings (SSSR count). The maximum absolute atomic E-state index is 12.8. The summed E-state index contributed by atoms with van der Waals surface area (Å²) in [5.41, 5.74) is 0.686.